The van der Waals surface area contributed by atoms with E-state index in [9.17, 15) is 9.90 Å². The van der Waals surface area contributed by atoms with Crippen molar-refractivity contribution in [3.05, 3.63) is 65.4 Å². The quantitative estimate of drug-likeness (QED) is 0.679. The summed E-state index contributed by atoms with van der Waals surface area (Å²) in [6, 6.07) is 16.0. The van der Waals surface area contributed by atoms with Gasteiger partial charge < -0.3 is 19.7 Å². The minimum Gasteiger partial charge on any atom is -0.497 e. The van der Waals surface area contributed by atoms with Crippen molar-refractivity contribution in [1.29, 1.82) is 0 Å². The molecule has 1 heterocycles. The predicted molar refractivity (Wildman–Crippen MR) is 103 cm³/mol. The Labute approximate surface area is 153 Å². The number of hydrogen-bond donors (Lipinski definition) is 2. The zero-order valence-corrected chi connectivity index (χ0v) is 15.3. The van der Waals surface area contributed by atoms with Gasteiger partial charge in [0.2, 0.25) is 0 Å². The Bertz CT molecular complexity index is 916. The first-order chi connectivity index (χ1) is 12.5. The lowest BCUT2D eigenvalue weighted by molar-refractivity contribution is 0.0685. The van der Waals surface area contributed by atoms with E-state index in [1.807, 2.05) is 36.4 Å². The standard InChI is InChI=1S/C21H24N2O3/c1-14(15-7-5-4-6-8-15)12-22-13-18-17-10-9-16(26-3)11-19(17)23(2)20(18)21(24)25/h4-11,14,22H,12-13H2,1-3H3,(H,24,25). The lowest BCUT2D eigenvalue weighted by Crippen LogP contribution is -2.21. The van der Waals surface area contributed by atoms with Gasteiger partial charge in [-0.3, -0.25) is 0 Å². The van der Waals surface area contributed by atoms with E-state index in [0.717, 1.165) is 23.0 Å². The van der Waals surface area contributed by atoms with E-state index in [4.69, 9.17) is 4.74 Å². The summed E-state index contributed by atoms with van der Waals surface area (Å²) in [5.41, 5.74) is 3.24. The maximum atomic E-state index is 11.8. The predicted octanol–water partition coefficient (Wildman–Crippen LogP) is 3.78. The Balaban J connectivity index is 1.84. The van der Waals surface area contributed by atoms with Crippen LogP contribution in [0.1, 0.15) is 34.5 Å². The second kappa shape index (κ2) is 7.62. The number of nitrogens with one attached hydrogen (secondary N) is 1. The SMILES string of the molecule is COc1ccc2c(CNCC(C)c3ccccc3)c(C(=O)O)n(C)c2c1. The normalized spacial score (nSPS) is 12.3. The van der Waals surface area contributed by atoms with Crippen LogP contribution in [0.4, 0.5) is 0 Å². The number of aryl methyl sites for hydroxylation is 1. The van der Waals surface area contributed by atoms with Gasteiger partial charge >= 0.3 is 5.97 Å². The molecule has 1 atom stereocenters. The van der Waals surface area contributed by atoms with Crippen molar-refractivity contribution < 1.29 is 14.6 Å². The summed E-state index contributed by atoms with van der Waals surface area (Å²) in [4.78, 5) is 11.8. The van der Waals surface area contributed by atoms with Crippen molar-refractivity contribution >= 4 is 16.9 Å². The molecule has 0 fully saturated rings. The molecular formula is C21H24N2O3. The minimum absolute atomic E-state index is 0.313. The van der Waals surface area contributed by atoms with Crippen LogP contribution >= 0.6 is 0 Å². The molecule has 26 heavy (non-hydrogen) atoms. The van der Waals surface area contributed by atoms with E-state index in [2.05, 4.69) is 24.4 Å². The van der Waals surface area contributed by atoms with Gasteiger partial charge in [0.25, 0.3) is 0 Å². The maximum Gasteiger partial charge on any atom is 0.352 e. The van der Waals surface area contributed by atoms with Gasteiger partial charge in [-0.15, -0.1) is 0 Å². The first kappa shape index (κ1) is 18.0. The molecule has 0 aliphatic heterocycles. The number of carbonyl (C=O) groups is 1. The molecule has 0 radical (unpaired) electrons. The zero-order chi connectivity index (χ0) is 18.7. The summed E-state index contributed by atoms with van der Waals surface area (Å²) < 4.78 is 6.99. The minimum atomic E-state index is -0.921. The number of aromatic carboxylic acids is 1. The zero-order valence-electron chi connectivity index (χ0n) is 15.3. The van der Waals surface area contributed by atoms with Crippen LogP contribution in [0.3, 0.4) is 0 Å². The Morgan fingerprint density at radius 3 is 2.62 bits per heavy atom. The van der Waals surface area contributed by atoms with Crippen LogP contribution in [-0.2, 0) is 13.6 Å². The van der Waals surface area contributed by atoms with Crippen molar-refractivity contribution in [3.8, 4) is 5.75 Å². The highest BCUT2D eigenvalue weighted by Crippen LogP contribution is 2.29. The molecule has 3 rings (SSSR count). The molecular weight excluding hydrogens is 328 g/mol. The Morgan fingerprint density at radius 2 is 1.96 bits per heavy atom. The van der Waals surface area contributed by atoms with Gasteiger partial charge in [-0.2, -0.15) is 0 Å². The van der Waals surface area contributed by atoms with Gasteiger partial charge in [-0.1, -0.05) is 37.3 Å². The Kier molecular flexibility index (Phi) is 5.28. The maximum absolute atomic E-state index is 11.8. The fourth-order valence-electron chi connectivity index (χ4n) is 3.39. The van der Waals surface area contributed by atoms with Crippen LogP contribution in [-0.4, -0.2) is 29.3 Å². The average molecular weight is 352 g/mol. The number of benzene rings is 2. The van der Waals surface area contributed by atoms with Crippen molar-refractivity contribution in [1.82, 2.24) is 9.88 Å². The number of aromatic nitrogens is 1. The number of nitrogens with zero attached hydrogens (tertiary/aromatic N) is 1. The fraction of sp³-hybridized carbons (Fsp3) is 0.286. The summed E-state index contributed by atoms with van der Waals surface area (Å²) >= 11 is 0. The third-order valence-electron chi connectivity index (χ3n) is 4.84. The monoisotopic (exact) mass is 352 g/mol. The van der Waals surface area contributed by atoms with Gasteiger partial charge in [-0.05, 0) is 23.6 Å². The van der Waals surface area contributed by atoms with E-state index in [1.165, 1.54) is 5.56 Å². The number of fused-ring (bicyclic) bond motifs is 1. The summed E-state index contributed by atoms with van der Waals surface area (Å²) in [6.45, 7) is 3.44. The molecule has 2 N–H and O–H groups in total. The molecule has 0 aliphatic carbocycles. The molecule has 3 aromatic rings. The highest BCUT2D eigenvalue weighted by atomic mass is 16.5. The van der Waals surface area contributed by atoms with Crippen molar-refractivity contribution in [3.63, 3.8) is 0 Å². The summed E-state index contributed by atoms with van der Waals surface area (Å²) in [5.74, 6) is 0.141. The smallest absolute Gasteiger partial charge is 0.352 e. The van der Waals surface area contributed by atoms with E-state index in [1.54, 1.807) is 18.7 Å². The van der Waals surface area contributed by atoms with Crippen LogP contribution < -0.4 is 10.1 Å². The van der Waals surface area contributed by atoms with Crippen molar-refractivity contribution in [2.75, 3.05) is 13.7 Å². The summed E-state index contributed by atoms with van der Waals surface area (Å²) in [6.07, 6.45) is 0. The number of hydrogen-bond acceptors (Lipinski definition) is 3. The summed E-state index contributed by atoms with van der Waals surface area (Å²) in [7, 11) is 3.39. The third-order valence-corrected chi connectivity index (χ3v) is 4.84. The number of carboxylic acids is 1. The largest absolute Gasteiger partial charge is 0.497 e. The lowest BCUT2D eigenvalue weighted by Gasteiger charge is -2.13. The molecule has 0 aliphatic rings. The highest BCUT2D eigenvalue weighted by Gasteiger charge is 2.20. The van der Waals surface area contributed by atoms with Gasteiger partial charge in [0.1, 0.15) is 11.4 Å². The van der Waals surface area contributed by atoms with E-state index in [0.29, 0.717) is 23.9 Å². The van der Waals surface area contributed by atoms with Gasteiger partial charge in [0.15, 0.2) is 0 Å². The highest BCUT2D eigenvalue weighted by molar-refractivity contribution is 5.98. The molecule has 0 saturated carbocycles. The van der Waals surface area contributed by atoms with Crippen LogP contribution in [0.25, 0.3) is 10.9 Å². The first-order valence-corrected chi connectivity index (χ1v) is 8.67. The van der Waals surface area contributed by atoms with Crippen LogP contribution in [0.5, 0.6) is 5.75 Å². The Morgan fingerprint density at radius 1 is 1.23 bits per heavy atom. The Hall–Kier alpha value is -2.79. The molecule has 1 unspecified atom stereocenters. The van der Waals surface area contributed by atoms with Gasteiger partial charge in [0, 0.05) is 37.2 Å². The average Bonchev–Trinajstić information content (AvgIpc) is 2.94. The molecule has 2 aromatic carbocycles. The van der Waals surface area contributed by atoms with E-state index >= 15 is 0 Å². The fourth-order valence-corrected chi connectivity index (χ4v) is 3.39. The van der Waals surface area contributed by atoms with Crippen molar-refractivity contribution in [2.45, 2.75) is 19.4 Å². The van der Waals surface area contributed by atoms with Crippen LogP contribution in [0.2, 0.25) is 0 Å². The summed E-state index contributed by atoms with van der Waals surface area (Å²) in [5, 5.41) is 14.0. The molecule has 136 valence electrons. The molecule has 5 nitrogen and oxygen atoms in total. The third kappa shape index (κ3) is 3.44. The van der Waals surface area contributed by atoms with E-state index in [-0.39, 0.29) is 0 Å². The molecule has 0 amide bonds. The second-order valence-electron chi connectivity index (χ2n) is 6.52. The number of rotatable bonds is 7. The number of methoxy groups -OCH3 is 1. The first-order valence-electron chi connectivity index (χ1n) is 8.67. The van der Waals surface area contributed by atoms with Crippen molar-refractivity contribution in [2.24, 2.45) is 7.05 Å². The van der Waals surface area contributed by atoms with Crippen LogP contribution in [0, 0.1) is 0 Å². The molecule has 0 spiro atoms. The molecule has 1 aromatic heterocycles. The number of ether oxygens (including phenoxy) is 1. The van der Waals surface area contributed by atoms with Crippen LogP contribution in [0.15, 0.2) is 48.5 Å². The molecule has 0 bridgehead atoms. The molecule has 5 heteroatoms. The molecule has 0 saturated heterocycles. The number of carboxylic acid groups (broad SMARTS) is 1. The lowest BCUT2D eigenvalue weighted by atomic mass is 10.0. The topological polar surface area (TPSA) is 63.5 Å². The second-order valence-corrected chi connectivity index (χ2v) is 6.52. The van der Waals surface area contributed by atoms with E-state index < -0.39 is 5.97 Å². The van der Waals surface area contributed by atoms with Gasteiger partial charge in [-0.25, -0.2) is 4.79 Å². The van der Waals surface area contributed by atoms with Gasteiger partial charge in [0.05, 0.1) is 12.6 Å².